The number of nitrogens with two attached hydrogens (primary N) is 1. The first kappa shape index (κ1) is 9.87. The minimum absolute atomic E-state index is 0.133. The number of hydrogen-bond acceptors (Lipinski definition) is 2. The Balaban J connectivity index is 2.32. The van der Waals surface area contributed by atoms with Crippen LogP contribution in [0.4, 0.5) is 0 Å². The molecule has 2 N–H and O–H groups in total. The summed E-state index contributed by atoms with van der Waals surface area (Å²) in [7, 11) is 0. The Hall–Kier alpha value is -1.67. The van der Waals surface area contributed by atoms with Gasteiger partial charge in [-0.2, -0.15) is 0 Å². The van der Waals surface area contributed by atoms with Crippen molar-refractivity contribution in [1.82, 2.24) is 4.98 Å². The van der Waals surface area contributed by atoms with Gasteiger partial charge in [0.15, 0.2) is 0 Å². The molecule has 0 spiro atoms. The summed E-state index contributed by atoms with van der Waals surface area (Å²) in [6.07, 6.45) is 1.77. The predicted molar refractivity (Wildman–Crippen MR) is 61.4 cm³/mol. The molecular formula is C13H14N2. The monoisotopic (exact) mass is 198 g/mol. The largest absolute Gasteiger partial charge is 0.319 e. The summed E-state index contributed by atoms with van der Waals surface area (Å²) in [4.78, 5) is 4.26. The van der Waals surface area contributed by atoms with E-state index in [-0.39, 0.29) is 6.04 Å². The molecule has 76 valence electrons. The van der Waals surface area contributed by atoms with E-state index in [1.807, 2.05) is 30.3 Å². The molecule has 0 fully saturated rings. The van der Waals surface area contributed by atoms with Gasteiger partial charge < -0.3 is 5.73 Å². The quantitative estimate of drug-likeness (QED) is 0.805. The Morgan fingerprint density at radius 1 is 1.13 bits per heavy atom. The van der Waals surface area contributed by atoms with Gasteiger partial charge in [-0.15, -0.1) is 0 Å². The van der Waals surface area contributed by atoms with Crippen molar-refractivity contribution in [3.63, 3.8) is 0 Å². The first-order valence-corrected chi connectivity index (χ1v) is 5.00. The van der Waals surface area contributed by atoms with E-state index in [2.05, 4.69) is 24.0 Å². The molecule has 2 aromatic rings. The van der Waals surface area contributed by atoms with Crippen molar-refractivity contribution in [2.24, 2.45) is 5.73 Å². The number of hydrogen-bond donors (Lipinski definition) is 1. The van der Waals surface area contributed by atoms with Gasteiger partial charge in [0.05, 0.1) is 11.7 Å². The normalized spacial score (nSPS) is 12.4. The molecule has 0 radical (unpaired) electrons. The Bertz CT molecular complexity index is 437. The molecule has 2 heteroatoms. The van der Waals surface area contributed by atoms with E-state index in [0.29, 0.717) is 0 Å². The molecule has 1 unspecified atom stereocenters. The maximum absolute atomic E-state index is 6.12. The molecule has 0 aliphatic heterocycles. The lowest BCUT2D eigenvalue weighted by molar-refractivity contribution is 0.827. The van der Waals surface area contributed by atoms with Crippen molar-refractivity contribution in [2.75, 3.05) is 0 Å². The third-order valence-electron chi connectivity index (χ3n) is 2.41. The van der Waals surface area contributed by atoms with Crippen LogP contribution in [0.25, 0.3) is 0 Å². The molecule has 1 aromatic heterocycles. The van der Waals surface area contributed by atoms with E-state index in [0.717, 1.165) is 11.3 Å². The number of aryl methyl sites for hydroxylation is 1. The van der Waals surface area contributed by atoms with Gasteiger partial charge in [-0.3, -0.25) is 4.98 Å². The lowest BCUT2D eigenvalue weighted by Crippen LogP contribution is -2.13. The number of pyridine rings is 1. The molecule has 0 aliphatic rings. The number of aromatic nitrogens is 1. The highest BCUT2D eigenvalue weighted by Crippen LogP contribution is 2.17. The van der Waals surface area contributed by atoms with Crippen LogP contribution in [0.2, 0.25) is 0 Å². The van der Waals surface area contributed by atoms with Crippen molar-refractivity contribution in [3.8, 4) is 0 Å². The van der Waals surface area contributed by atoms with Crippen LogP contribution < -0.4 is 5.73 Å². The summed E-state index contributed by atoms with van der Waals surface area (Å²) in [6.45, 7) is 2.06. The summed E-state index contributed by atoms with van der Waals surface area (Å²) in [5.74, 6) is 0. The lowest BCUT2D eigenvalue weighted by Gasteiger charge is -2.11. The summed E-state index contributed by atoms with van der Waals surface area (Å²) < 4.78 is 0. The van der Waals surface area contributed by atoms with Gasteiger partial charge in [-0.05, 0) is 24.6 Å². The Morgan fingerprint density at radius 3 is 2.67 bits per heavy atom. The smallest absolute Gasteiger partial charge is 0.0726 e. The zero-order valence-electron chi connectivity index (χ0n) is 8.72. The van der Waals surface area contributed by atoms with Gasteiger partial charge in [-0.25, -0.2) is 0 Å². The summed E-state index contributed by atoms with van der Waals surface area (Å²) in [5, 5.41) is 0. The maximum Gasteiger partial charge on any atom is 0.0726 e. The average molecular weight is 198 g/mol. The molecule has 0 amide bonds. The third kappa shape index (κ3) is 2.22. The van der Waals surface area contributed by atoms with E-state index in [9.17, 15) is 0 Å². The molecule has 0 saturated heterocycles. The molecule has 0 saturated carbocycles. The van der Waals surface area contributed by atoms with Crippen molar-refractivity contribution in [2.45, 2.75) is 13.0 Å². The minimum Gasteiger partial charge on any atom is -0.319 e. The molecule has 1 heterocycles. The van der Waals surface area contributed by atoms with Crippen LogP contribution in [0.15, 0.2) is 48.7 Å². The fourth-order valence-corrected chi connectivity index (χ4v) is 1.59. The van der Waals surface area contributed by atoms with E-state index in [1.54, 1.807) is 6.20 Å². The Labute approximate surface area is 89.8 Å². The third-order valence-corrected chi connectivity index (χ3v) is 2.41. The first-order chi connectivity index (χ1) is 7.27. The van der Waals surface area contributed by atoms with Gasteiger partial charge in [0.2, 0.25) is 0 Å². The zero-order valence-corrected chi connectivity index (χ0v) is 8.72. The number of rotatable bonds is 2. The molecule has 2 rings (SSSR count). The summed E-state index contributed by atoms with van der Waals surface area (Å²) >= 11 is 0. The first-order valence-electron chi connectivity index (χ1n) is 5.00. The molecule has 1 aromatic carbocycles. The number of nitrogens with zero attached hydrogens (tertiary/aromatic N) is 1. The van der Waals surface area contributed by atoms with Crippen LogP contribution in [0, 0.1) is 6.92 Å². The van der Waals surface area contributed by atoms with Crippen LogP contribution in [-0.2, 0) is 0 Å². The predicted octanol–water partition coefficient (Wildman–Crippen LogP) is 2.44. The highest BCUT2D eigenvalue weighted by atomic mass is 14.8. The standard InChI is InChI=1S/C13H14N2/c1-10-5-4-6-11(9-10)13(14)12-7-2-3-8-15-12/h2-9,13H,14H2,1H3. The summed E-state index contributed by atoms with van der Waals surface area (Å²) in [6, 6.07) is 13.9. The van der Waals surface area contributed by atoms with Gasteiger partial charge in [0.1, 0.15) is 0 Å². The minimum atomic E-state index is -0.133. The highest BCUT2D eigenvalue weighted by Gasteiger charge is 2.08. The average Bonchev–Trinajstić information content (AvgIpc) is 2.29. The van der Waals surface area contributed by atoms with Gasteiger partial charge >= 0.3 is 0 Å². The molecule has 2 nitrogen and oxygen atoms in total. The summed E-state index contributed by atoms with van der Waals surface area (Å²) in [5.41, 5.74) is 9.35. The van der Waals surface area contributed by atoms with Crippen LogP contribution >= 0.6 is 0 Å². The highest BCUT2D eigenvalue weighted by molar-refractivity contribution is 5.30. The second kappa shape index (κ2) is 4.24. The van der Waals surface area contributed by atoms with Crippen LogP contribution in [0.1, 0.15) is 22.9 Å². The fraction of sp³-hybridized carbons (Fsp3) is 0.154. The molecule has 15 heavy (non-hydrogen) atoms. The van der Waals surface area contributed by atoms with Crippen molar-refractivity contribution < 1.29 is 0 Å². The molecule has 0 bridgehead atoms. The Morgan fingerprint density at radius 2 is 2.00 bits per heavy atom. The van der Waals surface area contributed by atoms with Crippen LogP contribution in [0.3, 0.4) is 0 Å². The van der Waals surface area contributed by atoms with Crippen molar-refractivity contribution >= 4 is 0 Å². The van der Waals surface area contributed by atoms with Gasteiger partial charge in [-0.1, -0.05) is 35.9 Å². The van der Waals surface area contributed by atoms with Crippen LogP contribution in [-0.4, -0.2) is 4.98 Å². The maximum atomic E-state index is 6.12. The van der Waals surface area contributed by atoms with E-state index in [4.69, 9.17) is 5.73 Å². The van der Waals surface area contributed by atoms with E-state index in [1.165, 1.54) is 5.56 Å². The van der Waals surface area contributed by atoms with Crippen molar-refractivity contribution in [3.05, 3.63) is 65.5 Å². The molecular weight excluding hydrogens is 184 g/mol. The van der Waals surface area contributed by atoms with Crippen LogP contribution in [0.5, 0.6) is 0 Å². The Kier molecular flexibility index (Phi) is 2.79. The molecule has 0 aliphatic carbocycles. The number of benzene rings is 1. The zero-order chi connectivity index (χ0) is 10.7. The van der Waals surface area contributed by atoms with E-state index < -0.39 is 0 Å². The van der Waals surface area contributed by atoms with Crippen molar-refractivity contribution in [1.29, 1.82) is 0 Å². The lowest BCUT2D eigenvalue weighted by atomic mass is 10.0. The second-order valence-corrected chi connectivity index (χ2v) is 3.65. The SMILES string of the molecule is Cc1cccc(C(N)c2ccccn2)c1. The fourth-order valence-electron chi connectivity index (χ4n) is 1.59. The molecule has 1 atom stereocenters. The second-order valence-electron chi connectivity index (χ2n) is 3.65. The van der Waals surface area contributed by atoms with E-state index >= 15 is 0 Å². The van der Waals surface area contributed by atoms with Gasteiger partial charge in [0.25, 0.3) is 0 Å². The van der Waals surface area contributed by atoms with Gasteiger partial charge in [0, 0.05) is 6.20 Å². The topological polar surface area (TPSA) is 38.9 Å².